The monoisotopic (exact) mass is 1490 g/mol. The molecule has 8 atom stereocenters. The normalized spacial score (nSPS) is 23.6. The summed E-state index contributed by atoms with van der Waals surface area (Å²) in [6.07, 6.45) is 0.728. The van der Waals surface area contributed by atoms with Gasteiger partial charge in [-0.05, 0) is 134 Å². The standard InChI is InChI=1S/C21H27FN6O2.C20H26FN5O2.C18H21FN4O2.C18H24N4O2.CH4/c1-11-7-27-16(10-25(11)4)20(29)28(13-8-24(3)9-13)18-17(27)14-6-15(22)12(2)23-19(14)26(5)21(18)30;1-6-7-25-17-16(26-9-11(2)23(4)10-15(26)19(25)27)13-8-14(21)12(3)22-18(13)24(5)20(17)28;1-9-7-23-14(8-21(9)4)11(3)25-16-15(23)12-6-13(19)10(2)20-17(12)22(5)18(16)24;1-10-6-14-15-16(18(23)21(5)17(14)19-12(10)3)24-9-13-8-20(4)11(2)7-22(13)15;/h6,11,13,16H,7-10H2,1-5H3;8,11,15H,6-7,9-10H2,1-5H3;6,9,14H,3,7-8H2,1-2,4-5H3;6,11,13H,7-9H2,1-5H3;1H4. The van der Waals surface area contributed by atoms with Crippen LogP contribution in [-0.4, -0.2) is 243 Å². The van der Waals surface area contributed by atoms with Gasteiger partial charge in [0.2, 0.25) is 11.5 Å². The van der Waals surface area contributed by atoms with Crippen LogP contribution in [0.4, 0.5) is 47.3 Å². The fourth-order valence-electron chi connectivity index (χ4n) is 16.8. The van der Waals surface area contributed by atoms with Gasteiger partial charge >= 0.3 is 0 Å². The number of anilines is 6. The van der Waals surface area contributed by atoms with Crippen molar-refractivity contribution in [2.75, 3.05) is 143 Å². The number of carbonyl (C=O) groups excluding carboxylic acids is 2. The molecule has 2 amide bonds. The van der Waals surface area contributed by atoms with E-state index in [1.54, 1.807) is 63.3 Å². The molecule has 0 radical (unpaired) electrons. The molecule has 8 aromatic heterocycles. The summed E-state index contributed by atoms with van der Waals surface area (Å²) >= 11 is 0. The van der Waals surface area contributed by atoms with Gasteiger partial charge in [-0.3, -0.25) is 71.5 Å². The minimum Gasteiger partial charge on any atom is -0.484 e. The maximum Gasteiger partial charge on any atom is 0.297 e. The van der Waals surface area contributed by atoms with Crippen molar-refractivity contribution in [3.8, 4) is 11.5 Å². The Balaban J connectivity index is 0.000000127. The van der Waals surface area contributed by atoms with Crippen molar-refractivity contribution in [3.05, 3.63) is 124 Å². The number of aryl methyl sites for hydroxylation is 9. The van der Waals surface area contributed by atoms with E-state index in [9.17, 15) is 41.9 Å². The molecular formula is C78H102F3N19O8. The Labute approximate surface area is 626 Å². The lowest BCUT2D eigenvalue weighted by Gasteiger charge is -2.53. The highest BCUT2D eigenvalue weighted by Crippen LogP contribution is 2.47. The van der Waals surface area contributed by atoms with Crippen molar-refractivity contribution in [1.29, 1.82) is 0 Å². The fraction of sp³-hybridized carbons (Fsp3) is 0.538. The van der Waals surface area contributed by atoms with Crippen LogP contribution in [-0.2, 0) is 37.8 Å². The summed E-state index contributed by atoms with van der Waals surface area (Å²) in [5, 5.41) is 2.77. The third-order valence-corrected chi connectivity index (χ3v) is 23.9. The second-order valence-corrected chi connectivity index (χ2v) is 31.2. The zero-order valence-corrected chi connectivity index (χ0v) is 64.8. The van der Waals surface area contributed by atoms with Crippen LogP contribution in [0, 0.1) is 52.1 Å². The quantitative estimate of drug-likeness (QED) is 0.195. The van der Waals surface area contributed by atoms with Crippen molar-refractivity contribution in [1.82, 2.24) is 62.7 Å². The van der Waals surface area contributed by atoms with E-state index in [2.05, 4.69) is 116 Å². The lowest BCUT2D eigenvalue weighted by Crippen LogP contribution is -2.70. The minimum absolute atomic E-state index is 0. The summed E-state index contributed by atoms with van der Waals surface area (Å²) in [4.78, 5) is 120. The predicted octanol–water partition coefficient (Wildman–Crippen LogP) is 6.08. The van der Waals surface area contributed by atoms with Gasteiger partial charge < -0.3 is 38.9 Å². The molecule has 17 rings (SSSR count). The number of amides is 2. The molecule has 0 spiro atoms. The third kappa shape index (κ3) is 12.4. The van der Waals surface area contributed by atoms with Crippen LogP contribution in [0.1, 0.15) is 76.8 Å². The van der Waals surface area contributed by atoms with Crippen LogP contribution < -0.4 is 61.1 Å². The van der Waals surface area contributed by atoms with Crippen LogP contribution in [0.2, 0.25) is 0 Å². The van der Waals surface area contributed by atoms with E-state index >= 15 is 0 Å². The number of carbonyl (C=O) groups is 2. The second kappa shape index (κ2) is 28.5. The first kappa shape index (κ1) is 76.7. The lowest BCUT2D eigenvalue weighted by molar-refractivity contribution is -0.122. The first-order chi connectivity index (χ1) is 50.6. The van der Waals surface area contributed by atoms with E-state index in [-0.39, 0.29) is 107 Å². The highest BCUT2D eigenvalue weighted by atomic mass is 19.1. The van der Waals surface area contributed by atoms with E-state index in [4.69, 9.17) is 9.47 Å². The van der Waals surface area contributed by atoms with Gasteiger partial charge in [-0.1, -0.05) is 20.9 Å². The maximum absolute atomic E-state index is 14.6. The van der Waals surface area contributed by atoms with E-state index in [0.717, 1.165) is 54.0 Å². The Morgan fingerprint density at radius 2 is 0.815 bits per heavy atom. The van der Waals surface area contributed by atoms with Crippen molar-refractivity contribution in [2.24, 2.45) is 28.2 Å². The molecule has 0 bridgehead atoms. The Morgan fingerprint density at radius 3 is 1.30 bits per heavy atom. The highest BCUT2D eigenvalue weighted by molar-refractivity contribution is 6.13. The van der Waals surface area contributed by atoms with Gasteiger partial charge in [-0.15, -0.1) is 0 Å². The molecule has 17 heterocycles. The number of pyridine rings is 8. The van der Waals surface area contributed by atoms with E-state index in [1.807, 2.05) is 44.8 Å². The molecule has 108 heavy (non-hydrogen) atoms. The Kier molecular flexibility index (Phi) is 20.2. The van der Waals surface area contributed by atoms with Gasteiger partial charge in [0.05, 0.1) is 58.0 Å². The minimum atomic E-state index is -0.411. The lowest BCUT2D eigenvalue weighted by atomic mass is 9.96. The molecule has 8 unspecified atom stereocenters. The molecule has 0 aliphatic carbocycles. The van der Waals surface area contributed by atoms with Crippen LogP contribution >= 0.6 is 0 Å². The summed E-state index contributed by atoms with van der Waals surface area (Å²) in [6, 6.07) is 7.01. The van der Waals surface area contributed by atoms with E-state index in [1.165, 1.54) is 31.9 Å². The number of likely N-dealkylation sites (tertiary alicyclic amines) is 1. The smallest absolute Gasteiger partial charge is 0.297 e. The van der Waals surface area contributed by atoms with Crippen molar-refractivity contribution >= 4 is 90.1 Å². The molecule has 5 saturated heterocycles. The number of rotatable bonds is 3. The number of likely N-dealkylation sites (N-methyl/N-ethyl adjacent to an activating group) is 5. The number of hydrogen-bond donors (Lipinski definition) is 0. The SMILES string of the molecule is C.C=C1Oc2c(c3cc(F)c(C)nc3n(C)c2=O)N2CC(C)N(C)CC12.CCCN1C(=O)C2CN(C)C(C)CN2c2c1c(=O)n(C)c1nc(C)c(F)cc21.Cc1cc2c3c(c(=O)n(C)c2nc1C)OCC1CN(C)C(C)CN31.Cc1nc2c(cc1F)c1c(c(=O)n2C)N(C2CN(C)C2)C(=O)C2CN(C)C(C)CN12. The molecular weight excluding hydrogens is 1390 g/mol. The molecule has 5 fully saturated rings. The number of ether oxygens (including phenoxy) is 2. The maximum atomic E-state index is 14.6. The first-order valence-corrected chi connectivity index (χ1v) is 36.9. The average Bonchev–Trinajstić information content (AvgIpc) is 0.727. The second-order valence-electron chi connectivity index (χ2n) is 31.2. The summed E-state index contributed by atoms with van der Waals surface area (Å²) in [5.74, 6) is -0.0952. The third-order valence-electron chi connectivity index (χ3n) is 23.9. The first-order valence-electron chi connectivity index (χ1n) is 36.9. The zero-order valence-electron chi connectivity index (χ0n) is 64.8. The molecule has 578 valence electrons. The number of fused-ring (bicyclic) bond motifs is 20. The summed E-state index contributed by atoms with van der Waals surface area (Å²) in [6.45, 7) is 31.4. The molecule has 0 N–H and O–H groups in total. The molecule has 9 aliphatic heterocycles. The van der Waals surface area contributed by atoms with E-state index in [0.29, 0.717) is 138 Å². The summed E-state index contributed by atoms with van der Waals surface area (Å²) in [7, 11) is 16.9. The van der Waals surface area contributed by atoms with Crippen LogP contribution in [0.25, 0.3) is 44.1 Å². The van der Waals surface area contributed by atoms with Gasteiger partial charge in [-0.2, -0.15) is 0 Å². The van der Waals surface area contributed by atoms with Gasteiger partial charge in [0.25, 0.3) is 34.1 Å². The summed E-state index contributed by atoms with van der Waals surface area (Å²) < 4.78 is 61.0. The molecule has 9 aliphatic rings. The van der Waals surface area contributed by atoms with Gasteiger partial charge in [0.15, 0.2) is 0 Å². The number of halogens is 3. The van der Waals surface area contributed by atoms with Gasteiger partial charge in [0.1, 0.15) is 75.9 Å². The fourth-order valence-corrected chi connectivity index (χ4v) is 16.8. The van der Waals surface area contributed by atoms with E-state index < -0.39 is 23.5 Å². The zero-order chi connectivity index (χ0) is 77.0. The average molecular weight is 1490 g/mol. The molecule has 8 aromatic rings. The molecule has 27 nitrogen and oxygen atoms in total. The molecule has 0 saturated carbocycles. The van der Waals surface area contributed by atoms with Crippen LogP contribution in [0.15, 0.2) is 55.8 Å². The van der Waals surface area contributed by atoms with Gasteiger partial charge in [-0.25, -0.2) is 33.1 Å². The van der Waals surface area contributed by atoms with Crippen LogP contribution in [0.3, 0.4) is 0 Å². The number of nitrogens with zero attached hydrogens (tertiary/aromatic N) is 19. The Bertz CT molecular complexity index is 5310. The Morgan fingerprint density at radius 1 is 0.435 bits per heavy atom. The highest BCUT2D eigenvalue weighted by Gasteiger charge is 2.51. The van der Waals surface area contributed by atoms with Crippen molar-refractivity contribution in [2.45, 2.75) is 137 Å². The van der Waals surface area contributed by atoms with Crippen LogP contribution in [0.5, 0.6) is 11.5 Å². The molecule has 30 heteroatoms. The topological polar surface area (TPSA) is 228 Å². The Hall–Kier alpha value is -9.49. The number of hydrogen-bond acceptors (Lipinski definition) is 21. The molecule has 0 aromatic carbocycles. The largest absolute Gasteiger partial charge is 0.484 e. The number of piperazine rings is 4. The van der Waals surface area contributed by atoms with Crippen molar-refractivity contribution < 1.29 is 32.2 Å². The summed E-state index contributed by atoms with van der Waals surface area (Å²) in [5.41, 5.74) is 7.60. The van der Waals surface area contributed by atoms with Crippen molar-refractivity contribution in [3.63, 3.8) is 0 Å². The van der Waals surface area contributed by atoms with Gasteiger partial charge in [0, 0.05) is 152 Å². The predicted molar refractivity (Wildman–Crippen MR) is 418 cm³/mol. The number of aromatic nitrogens is 8.